The van der Waals surface area contributed by atoms with Crippen LogP contribution >= 0.6 is 0 Å². The number of azo groups is 1. The monoisotopic (exact) mass is 211 g/mol. The number of hydrogen-bond donors (Lipinski definition) is 0. The van der Waals surface area contributed by atoms with Gasteiger partial charge in [-0.2, -0.15) is 5.11 Å². The van der Waals surface area contributed by atoms with Crippen molar-refractivity contribution < 1.29 is 9.84 Å². The maximum atomic E-state index is 11.3. The highest BCUT2D eigenvalue weighted by atomic mass is 28.3. The summed E-state index contributed by atoms with van der Waals surface area (Å²) in [4.78, 5) is 0. The largest absolute Gasteiger partial charge is 0.612 e. The summed E-state index contributed by atoms with van der Waals surface area (Å²) in [5.74, 6) is -0.385. The summed E-state index contributed by atoms with van der Waals surface area (Å²) < 4.78 is 4.83. The van der Waals surface area contributed by atoms with E-state index in [-0.39, 0.29) is 5.95 Å². The molecule has 0 saturated carbocycles. The van der Waals surface area contributed by atoms with E-state index < -0.39 is 8.07 Å². The average molecular weight is 211 g/mol. The molecule has 0 aliphatic carbocycles. The summed E-state index contributed by atoms with van der Waals surface area (Å²) in [5.41, 5.74) is 0.323. The van der Waals surface area contributed by atoms with Gasteiger partial charge in [0.25, 0.3) is 0 Å². The van der Waals surface area contributed by atoms with Gasteiger partial charge in [-0.3, -0.25) is 0 Å². The molecule has 0 saturated heterocycles. The van der Waals surface area contributed by atoms with Crippen molar-refractivity contribution >= 4 is 8.07 Å². The molecule has 0 aromatic rings. The van der Waals surface area contributed by atoms with Crippen LogP contribution in [-0.2, 0) is 4.74 Å². The van der Waals surface area contributed by atoms with Crippen molar-refractivity contribution in [2.24, 2.45) is 10.2 Å². The predicted octanol–water partition coefficient (Wildman–Crippen LogP) is 1.78. The minimum atomic E-state index is -1.46. The smallest absolute Gasteiger partial charge is 0.109 e. The Kier molecular flexibility index (Phi) is 3.10. The summed E-state index contributed by atoms with van der Waals surface area (Å²) in [5, 5.41) is 20.0. The fraction of sp³-hybridized carbons (Fsp3) is 0.556. The maximum absolute atomic E-state index is 11.3. The van der Waals surface area contributed by atoms with Crippen LogP contribution in [0.1, 0.15) is 6.92 Å². The van der Waals surface area contributed by atoms with E-state index in [1.165, 1.54) is 0 Å². The van der Waals surface area contributed by atoms with Gasteiger partial charge in [0.05, 0.1) is 5.95 Å². The first-order valence-electron chi connectivity index (χ1n) is 4.63. The number of ether oxygens (including phenoxy) is 1. The summed E-state index contributed by atoms with van der Waals surface area (Å²) in [6.45, 7) is 8.62. The molecular formula is C9H15N2O2Si-. The molecule has 1 rings (SSSR count). The molecule has 1 aliphatic rings. The Morgan fingerprint density at radius 3 is 2.50 bits per heavy atom. The van der Waals surface area contributed by atoms with Crippen LogP contribution in [0.3, 0.4) is 0 Å². The maximum Gasteiger partial charge on any atom is 0.109 e. The van der Waals surface area contributed by atoms with Crippen LogP contribution in [0.15, 0.2) is 33.3 Å². The molecule has 5 heteroatoms. The van der Waals surface area contributed by atoms with Crippen LogP contribution in [0.25, 0.3) is 0 Å². The summed E-state index contributed by atoms with van der Waals surface area (Å²) in [6.07, 6.45) is 1.74. The van der Waals surface area contributed by atoms with Gasteiger partial charge in [0.2, 0.25) is 0 Å². The third kappa shape index (κ3) is 2.44. The van der Waals surface area contributed by atoms with Crippen molar-refractivity contribution in [3.63, 3.8) is 0 Å². The molecule has 0 unspecified atom stereocenters. The minimum absolute atomic E-state index is 0.323. The molecule has 78 valence electrons. The number of allylic oxidation sites excluding steroid dienone is 1. The van der Waals surface area contributed by atoms with E-state index in [1.54, 1.807) is 13.0 Å². The van der Waals surface area contributed by atoms with E-state index in [0.717, 1.165) is 5.32 Å². The molecule has 1 aliphatic heterocycles. The Bertz CT molecular complexity index is 313. The van der Waals surface area contributed by atoms with Crippen LogP contribution in [0.2, 0.25) is 19.6 Å². The lowest BCUT2D eigenvalue weighted by Crippen LogP contribution is -2.21. The van der Waals surface area contributed by atoms with Gasteiger partial charge in [0.1, 0.15) is 13.8 Å². The fourth-order valence-electron chi connectivity index (χ4n) is 0.966. The van der Waals surface area contributed by atoms with Gasteiger partial charge in [-0.25, -0.2) is 0 Å². The van der Waals surface area contributed by atoms with Crippen molar-refractivity contribution in [1.82, 2.24) is 0 Å². The van der Waals surface area contributed by atoms with Gasteiger partial charge < -0.3 is 9.84 Å². The molecule has 0 radical (unpaired) electrons. The molecule has 0 atom stereocenters. The van der Waals surface area contributed by atoms with E-state index in [9.17, 15) is 5.11 Å². The predicted molar refractivity (Wildman–Crippen MR) is 54.9 cm³/mol. The molecular weight excluding hydrogens is 196 g/mol. The summed E-state index contributed by atoms with van der Waals surface area (Å²) in [7, 11) is -1.46. The van der Waals surface area contributed by atoms with Crippen LogP contribution in [-0.4, -0.2) is 14.7 Å². The van der Waals surface area contributed by atoms with Gasteiger partial charge in [0.15, 0.2) is 0 Å². The van der Waals surface area contributed by atoms with Crippen molar-refractivity contribution in [3.05, 3.63) is 23.0 Å². The van der Waals surface area contributed by atoms with Crippen molar-refractivity contribution in [1.29, 1.82) is 0 Å². The second-order valence-electron chi connectivity index (χ2n) is 4.09. The zero-order valence-electron chi connectivity index (χ0n) is 9.00. The quantitative estimate of drug-likeness (QED) is 0.528. The van der Waals surface area contributed by atoms with E-state index >= 15 is 0 Å². The second-order valence-corrected chi connectivity index (χ2v) is 9.10. The van der Waals surface area contributed by atoms with E-state index in [4.69, 9.17) is 4.74 Å². The lowest BCUT2D eigenvalue weighted by Gasteiger charge is -2.13. The minimum Gasteiger partial charge on any atom is -0.612 e. The van der Waals surface area contributed by atoms with Crippen LogP contribution in [0.5, 0.6) is 0 Å². The highest BCUT2D eigenvalue weighted by molar-refractivity contribution is 6.83. The zero-order valence-corrected chi connectivity index (χ0v) is 10.00. The Hall–Kier alpha value is -1.10. The summed E-state index contributed by atoms with van der Waals surface area (Å²) >= 11 is 0. The highest BCUT2D eigenvalue weighted by Crippen LogP contribution is 2.25. The van der Waals surface area contributed by atoms with Gasteiger partial charge in [-0.05, 0) is 12.7 Å². The number of nitrogens with zero attached hydrogens (tertiary/aromatic N) is 2. The Balaban J connectivity index is 2.88. The first kappa shape index (κ1) is 11.0. The van der Waals surface area contributed by atoms with Crippen LogP contribution < -0.4 is 5.11 Å². The standard InChI is InChI=1S/C9H16N2O2Si/c1-5-13-9(12)7-6-8(11-10-7)14(2,3)4/h6,12H,5H2,1-4H3/p-1. The molecule has 0 bridgehead atoms. The Morgan fingerprint density at radius 2 is 2.07 bits per heavy atom. The van der Waals surface area contributed by atoms with Gasteiger partial charge in [-0.15, -0.1) is 5.11 Å². The lowest BCUT2D eigenvalue weighted by molar-refractivity contribution is -0.358. The average Bonchev–Trinajstić information content (AvgIpc) is 2.51. The Morgan fingerprint density at radius 1 is 1.43 bits per heavy atom. The van der Waals surface area contributed by atoms with Gasteiger partial charge in [-0.1, -0.05) is 26.6 Å². The summed E-state index contributed by atoms with van der Waals surface area (Å²) in [6, 6.07) is 0. The SMILES string of the molecule is CCOC([O-])=C1C=C([Si](C)(C)C)N=N1. The Labute approximate surface area is 85.0 Å². The molecule has 0 aromatic heterocycles. The van der Waals surface area contributed by atoms with E-state index in [2.05, 4.69) is 29.9 Å². The molecule has 1 heterocycles. The molecule has 0 aromatic carbocycles. The van der Waals surface area contributed by atoms with Crippen LogP contribution in [0.4, 0.5) is 0 Å². The van der Waals surface area contributed by atoms with Crippen molar-refractivity contribution in [2.45, 2.75) is 26.6 Å². The van der Waals surface area contributed by atoms with Crippen molar-refractivity contribution in [3.8, 4) is 0 Å². The third-order valence-electron chi connectivity index (χ3n) is 1.79. The first-order valence-corrected chi connectivity index (χ1v) is 8.13. The van der Waals surface area contributed by atoms with Gasteiger partial charge in [0, 0.05) is 5.32 Å². The molecule has 0 spiro atoms. The molecule has 0 fully saturated rings. The molecule has 14 heavy (non-hydrogen) atoms. The second kappa shape index (κ2) is 3.96. The molecule has 0 N–H and O–H groups in total. The van der Waals surface area contributed by atoms with Crippen molar-refractivity contribution in [2.75, 3.05) is 6.61 Å². The first-order chi connectivity index (χ1) is 6.45. The third-order valence-corrected chi connectivity index (χ3v) is 3.57. The van der Waals surface area contributed by atoms with E-state index in [1.807, 2.05) is 0 Å². The molecule has 4 nitrogen and oxygen atoms in total. The van der Waals surface area contributed by atoms with Gasteiger partial charge >= 0.3 is 0 Å². The lowest BCUT2D eigenvalue weighted by atomic mass is 10.5. The topological polar surface area (TPSA) is 57.0 Å². The molecule has 0 amide bonds. The number of rotatable bonds is 3. The normalized spacial score (nSPS) is 19.6. The number of hydrogen-bond acceptors (Lipinski definition) is 4. The van der Waals surface area contributed by atoms with E-state index in [0.29, 0.717) is 12.3 Å². The fourth-order valence-corrected chi connectivity index (χ4v) is 1.89. The zero-order chi connectivity index (χ0) is 10.8. The van der Waals surface area contributed by atoms with Crippen LogP contribution in [0, 0.1) is 0 Å². The highest BCUT2D eigenvalue weighted by Gasteiger charge is 2.23.